The first-order valence-corrected chi connectivity index (χ1v) is 10.1. The summed E-state index contributed by atoms with van der Waals surface area (Å²) in [5.41, 5.74) is 2.94. The molecule has 0 aliphatic carbocycles. The van der Waals surface area contributed by atoms with Crippen molar-refractivity contribution >= 4 is 17.7 Å². The van der Waals surface area contributed by atoms with E-state index in [0.717, 1.165) is 43.7 Å². The Bertz CT molecular complexity index is 820. The van der Waals surface area contributed by atoms with E-state index in [-0.39, 0.29) is 29.7 Å². The van der Waals surface area contributed by atoms with Gasteiger partial charge in [-0.05, 0) is 50.4 Å². The number of hydrogen-bond donors (Lipinski definition) is 2. The lowest BCUT2D eigenvalue weighted by Crippen LogP contribution is -2.52. The van der Waals surface area contributed by atoms with Crippen LogP contribution < -0.4 is 10.6 Å². The highest BCUT2D eigenvalue weighted by Gasteiger charge is 2.40. The minimum Gasteiger partial charge on any atom is -0.322 e. The van der Waals surface area contributed by atoms with Gasteiger partial charge in [0.25, 0.3) is 5.91 Å². The smallest absolute Gasteiger partial charge is 0.255 e. The first kappa shape index (κ1) is 19.1. The van der Waals surface area contributed by atoms with E-state index < -0.39 is 6.04 Å². The minimum absolute atomic E-state index is 0.0815. The molecule has 2 fully saturated rings. The molecule has 2 N–H and O–H groups in total. The third kappa shape index (κ3) is 3.44. The quantitative estimate of drug-likeness (QED) is 0.761. The molecule has 0 radical (unpaired) electrons. The van der Waals surface area contributed by atoms with Gasteiger partial charge in [0.2, 0.25) is 11.8 Å². The number of amides is 3. The summed E-state index contributed by atoms with van der Waals surface area (Å²) in [6, 6.07) is 5.31. The molecule has 1 aromatic rings. The number of rotatable bonds is 3. The summed E-state index contributed by atoms with van der Waals surface area (Å²) in [6.07, 6.45) is 1.74. The van der Waals surface area contributed by atoms with Crippen LogP contribution in [0.15, 0.2) is 18.2 Å². The van der Waals surface area contributed by atoms with Crippen LogP contribution in [0.1, 0.15) is 54.6 Å². The van der Waals surface area contributed by atoms with Gasteiger partial charge in [0.1, 0.15) is 6.04 Å². The van der Waals surface area contributed by atoms with Gasteiger partial charge in [-0.15, -0.1) is 0 Å². The Morgan fingerprint density at radius 3 is 2.79 bits per heavy atom. The number of nitrogens with one attached hydrogen (secondary N) is 2. The molecular formula is C21H28N4O3. The number of hydrogen-bond acceptors (Lipinski definition) is 5. The van der Waals surface area contributed by atoms with Crippen molar-refractivity contribution in [2.75, 3.05) is 19.6 Å². The highest BCUT2D eigenvalue weighted by atomic mass is 16.2. The predicted molar refractivity (Wildman–Crippen MR) is 104 cm³/mol. The van der Waals surface area contributed by atoms with Crippen LogP contribution >= 0.6 is 0 Å². The second-order valence-corrected chi connectivity index (χ2v) is 8.58. The molecule has 150 valence electrons. The Hall–Kier alpha value is -2.25. The average molecular weight is 384 g/mol. The second-order valence-electron chi connectivity index (χ2n) is 8.58. The first-order chi connectivity index (χ1) is 13.4. The normalized spacial score (nSPS) is 25.4. The van der Waals surface area contributed by atoms with Crippen LogP contribution in [-0.4, -0.2) is 58.7 Å². The Kier molecular flexibility index (Phi) is 4.97. The number of nitrogens with zero attached hydrogens (tertiary/aromatic N) is 2. The zero-order chi connectivity index (χ0) is 19.9. The zero-order valence-electron chi connectivity index (χ0n) is 16.6. The molecule has 0 aromatic heterocycles. The fraction of sp³-hybridized carbons (Fsp3) is 0.571. The van der Waals surface area contributed by atoms with Crippen molar-refractivity contribution in [2.45, 2.75) is 57.8 Å². The van der Waals surface area contributed by atoms with Crippen molar-refractivity contribution in [3.63, 3.8) is 0 Å². The SMILES string of the molecule is CC1(C)CCNCCN1Cc1cccc2c1CN(C1CCC(=O)NC1=O)C2=O. The molecular weight excluding hydrogens is 356 g/mol. The van der Waals surface area contributed by atoms with Crippen LogP contribution in [-0.2, 0) is 22.7 Å². The van der Waals surface area contributed by atoms with Gasteiger partial charge >= 0.3 is 0 Å². The summed E-state index contributed by atoms with van der Waals surface area (Å²) in [5, 5.41) is 5.83. The van der Waals surface area contributed by atoms with Gasteiger partial charge in [-0.3, -0.25) is 24.6 Å². The monoisotopic (exact) mass is 384 g/mol. The molecule has 7 heteroatoms. The number of carbonyl (C=O) groups excluding carboxylic acids is 3. The molecule has 0 spiro atoms. The molecule has 3 amide bonds. The Morgan fingerprint density at radius 2 is 2.00 bits per heavy atom. The summed E-state index contributed by atoms with van der Waals surface area (Å²) in [6.45, 7) is 8.69. The van der Waals surface area contributed by atoms with Crippen LogP contribution in [0.3, 0.4) is 0 Å². The van der Waals surface area contributed by atoms with E-state index in [2.05, 4.69) is 35.4 Å². The Balaban J connectivity index is 1.58. The number of fused-ring (bicyclic) bond motifs is 1. The maximum absolute atomic E-state index is 13.0. The van der Waals surface area contributed by atoms with E-state index in [1.54, 1.807) is 4.90 Å². The van der Waals surface area contributed by atoms with Crippen LogP contribution in [0, 0.1) is 0 Å². The van der Waals surface area contributed by atoms with Crippen molar-refractivity contribution < 1.29 is 14.4 Å². The molecule has 2 saturated heterocycles. The minimum atomic E-state index is -0.565. The largest absolute Gasteiger partial charge is 0.322 e. The van der Waals surface area contributed by atoms with E-state index in [0.29, 0.717) is 18.5 Å². The number of piperidine rings is 1. The topological polar surface area (TPSA) is 81.8 Å². The lowest BCUT2D eigenvalue weighted by Gasteiger charge is -2.37. The van der Waals surface area contributed by atoms with Gasteiger partial charge in [-0.2, -0.15) is 0 Å². The molecule has 7 nitrogen and oxygen atoms in total. The van der Waals surface area contributed by atoms with Gasteiger partial charge in [-0.25, -0.2) is 0 Å². The van der Waals surface area contributed by atoms with Gasteiger partial charge in [0, 0.05) is 43.7 Å². The first-order valence-electron chi connectivity index (χ1n) is 10.1. The summed E-state index contributed by atoms with van der Waals surface area (Å²) in [5.74, 6) is -0.732. The second kappa shape index (κ2) is 7.29. The lowest BCUT2D eigenvalue weighted by atomic mass is 9.96. The summed E-state index contributed by atoms with van der Waals surface area (Å²) >= 11 is 0. The van der Waals surface area contributed by atoms with E-state index >= 15 is 0 Å². The summed E-state index contributed by atoms with van der Waals surface area (Å²) in [7, 11) is 0. The fourth-order valence-corrected chi connectivity index (χ4v) is 4.49. The molecule has 1 unspecified atom stereocenters. The van der Waals surface area contributed by atoms with Crippen LogP contribution in [0.4, 0.5) is 0 Å². The molecule has 0 saturated carbocycles. The lowest BCUT2D eigenvalue weighted by molar-refractivity contribution is -0.136. The van der Waals surface area contributed by atoms with Crippen LogP contribution in [0.2, 0.25) is 0 Å². The van der Waals surface area contributed by atoms with Gasteiger partial charge < -0.3 is 10.2 Å². The van der Waals surface area contributed by atoms with Crippen molar-refractivity contribution in [1.82, 2.24) is 20.4 Å². The molecule has 0 bridgehead atoms. The molecule has 1 atom stereocenters. The van der Waals surface area contributed by atoms with E-state index in [1.807, 2.05) is 12.1 Å². The maximum atomic E-state index is 13.0. The fourth-order valence-electron chi connectivity index (χ4n) is 4.49. The standard InChI is InChI=1S/C21H28N4O3/c1-21(2)8-9-22-10-11-24(21)12-14-4-3-5-15-16(14)13-25(20(15)28)17-6-7-18(26)23-19(17)27/h3-5,17,22H,6-13H2,1-2H3,(H,23,26,27). The van der Waals surface area contributed by atoms with Gasteiger partial charge in [-0.1, -0.05) is 12.1 Å². The van der Waals surface area contributed by atoms with Crippen LogP contribution in [0.25, 0.3) is 0 Å². The molecule has 4 rings (SSSR count). The molecule has 3 aliphatic rings. The maximum Gasteiger partial charge on any atom is 0.255 e. The Labute approximate surface area is 165 Å². The number of benzene rings is 1. The van der Waals surface area contributed by atoms with E-state index in [1.165, 1.54) is 0 Å². The van der Waals surface area contributed by atoms with Crippen LogP contribution in [0.5, 0.6) is 0 Å². The van der Waals surface area contributed by atoms with Gasteiger partial charge in [0.05, 0.1) is 0 Å². The van der Waals surface area contributed by atoms with E-state index in [9.17, 15) is 14.4 Å². The van der Waals surface area contributed by atoms with Gasteiger partial charge in [0.15, 0.2) is 0 Å². The molecule has 28 heavy (non-hydrogen) atoms. The predicted octanol–water partition coefficient (Wildman–Crippen LogP) is 1.02. The highest BCUT2D eigenvalue weighted by Crippen LogP contribution is 2.32. The molecule has 3 heterocycles. The van der Waals surface area contributed by atoms with E-state index in [4.69, 9.17) is 0 Å². The molecule has 1 aromatic carbocycles. The highest BCUT2D eigenvalue weighted by molar-refractivity contribution is 6.05. The van der Waals surface area contributed by atoms with Crippen molar-refractivity contribution in [2.24, 2.45) is 0 Å². The molecule has 3 aliphatic heterocycles. The Morgan fingerprint density at radius 1 is 1.18 bits per heavy atom. The zero-order valence-corrected chi connectivity index (χ0v) is 16.6. The summed E-state index contributed by atoms with van der Waals surface area (Å²) < 4.78 is 0. The van der Waals surface area contributed by atoms with Crippen molar-refractivity contribution in [3.8, 4) is 0 Å². The third-order valence-electron chi connectivity index (χ3n) is 6.37. The van der Waals surface area contributed by atoms with Crippen molar-refractivity contribution in [1.29, 1.82) is 0 Å². The average Bonchev–Trinajstić information content (AvgIpc) is 2.88. The third-order valence-corrected chi connectivity index (χ3v) is 6.37. The number of imide groups is 1. The van der Waals surface area contributed by atoms with Crippen molar-refractivity contribution in [3.05, 3.63) is 34.9 Å². The summed E-state index contributed by atoms with van der Waals surface area (Å²) in [4.78, 5) is 40.8. The number of carbonyl (C=O) groups is 3.